The number of likely N-dealkylation sites (N-methyl/N-ethyl adjacent to an activating group) is 2. The third-order valence-corrected chi connectivity index (χ3v) is 1.71. The van der Waals surface area contributed by atoms with Crippen LogP contribution >= 0.6 is 0 Å². The van der Waals surface area contributed by atoms with E-state index < -0.39 is 0 Å². The Kier molecular flexibility index (Phi) is 4.54. The minimum Gasteiger partial charge on any atom is -0.358 e. The lowest BCUT2D eigenvalue weighted by Crippen LogP contribution is -2.37. The highest BCUT2D eigenvalue weighted by atomic mass is 16.1. The lowest BCUT2D eigenvalue weighted by atomic mass is 10.3. The van der Waals surface area contributed by atoms with E-state index in [9.17, 15) is 4.79 Å². The fourth-order valence-electron chi connectivity index (χ4n) is 0.630. The van der Waals surface area contributed by atoms with Gasteiger partial charge in [0.1, 0.15) is 0 Å². The molecule has 0 aliphatic heterocycles. The Morgan fingerprint density at radius 1 is 1.82 bits per heavy atom. The number of hydrogen-bond donors (Lipinski definition) is 1. The van der Waals surface area contributed by atoms with Crippen molar-refractivity contribution in [3.8, 4) is 0 Å². The quantitative estimate of drug-likeness (QED) is 0.591. The predicted octanol–water partition coefficient (Wildman–Crippen LogP) is 0.239. The van der Waals surface area contributed by atoms with Crippen LogP contribution in [0, 0.1) is 0 Å². The van der Waals surface area contributed by atoms with Crippen LogP contribution < -0.4 is 5.32 Å². The third-order valence-electron chi connectivity index (χ3n) is 1.71. The van der Waals surface area contributed by atoms with E-state index in [4.69, 9.17) is 0 Å². The van der Waals surface area contributed by atoms with E-state index in [2.05, 4.69) is 11.9 Å². The smallest absolute Gasteiger partial charge is 0.233 e. The summed E-state index contributed by atoms with van der Waals surface area (Å²) in [6, 6.07) is 0.243. The summed E-state index contributed by atoms with van der Waals surface area (Å²) in [5.74, 6) is 0.0289. The van der Waals surface area contributed by atoms with Crippen LogP contribution in [0.4, 0.5) is 0 Å². The van der Waals surface area contributed by atoms with Crippen molar-refractivity contribution >= 4 is 5.91 Å². The first kappa shape index (κ1) is 10.2. The molecule has 0 bridgehead atoms. The minimum absolute atomic E-state index is 0.0289. The van der Waals surface area contributed by atoms with Crippen LogP contribution in [0.5, 0.6) is 0 Å². The molecule has 11 heavy (non-hydrogen) atoms. The number of rotatable bonds is 4. The largest absolute Gasteiger partial charge is 0.358 e. The summed E-state index contributed by atoms with van der Waals surface area (Å²) < 4.78 is 0. The van der Waals surface area contributed by atoms with Gasteiger partial charge >= 0.3 is 0 Å². The normalized spacial score (nSPS) is 12.7. The van der Waals surface area contributed by atoms with Crippen LogP contribution in [-0.2, 0) is 4.79 Å². The van der Waals surface area contributed by atoms with E-state index in [1.807, 2.05) is 24.9 Å². The van der Waals surface area contributed by atoms with E-state index in [0.717, 1.165) is 0 Å². The van der Waals surface area contributed by atoms with Gasteiger partial charge in [0.05, 0.1) is 6.54 Å². The highest BCUT2D eigenvalue weighted by Crippen LogP contribution is 1.94. The molecule has 0 heterocycles. The lowest BCUT2D eigenvalue weighted by Gasteiger charge is -2.20. The summed E-state index contributed by atoms with van der Waals surface area (Å²) in [4.78, 5) is 12.8. The number of nitrogens with zero attached hydrogens (tertiary/aromatic N) is 1. The van der Waals surface area contributed by atoms with E-state index in [-0.39, 0.29) is 11.9 Å². The van der Waals surface area contributed by atoms with Crippen molar-refractivity contribution in [2.45, 2.75) is 13.0 Å². The Bertz CT molecular complexity index is 145. The van der Waals surface area contributed by atoms with Crippen molar-refractivity contribution in [1.29, 1.82) is 0 Å². The van der Waals surface area contributed by atoms with Gasteiger partial charge in [-0.3, -0.25) is 9.69 Å². The fraction of sp³-hybridized carbons (Fsp3) is 0.625. The highest BCUT2D eigenvalue weighted by Gasteiger charge is 2.07. The van der Waals surface area contributed by atoms with Gasteiger partial charge in [-0.2, -0.15) is 0 Å². The average Bonchev–Trinajstić information content (AvgIpc) is 2.02. The lowest BCUT2D eigenvalue weighted by molar-refractivity contribution is -0.121. The second kappa shape index (κ2) is 4.91. The first-order valence-corrected chi connectivity index (χ1v) is 3.65. The first-order valence-electron chi connectivity index (χ1n) is 3.65. The molecular weight excluding hydrogens is 140 g/mol. The molecule has 0 spiro atoms. The van der Waals surface area contributed by atoms with Crippen LogP contribution in [0.15, 0.2) is 12.7 Å². The molecule has 1 atom stereocenters. The van der Waals surface area contributed by atoms with Gasteiger partial charge in [0.25, 0.3) is 0 Å². The summed E-state index contributed by atoms with van der Waals surface area (Å²) in [5, 5.41) is 2.56. The van der Waals surface area contributed by atoms with Gasteiger partial charge < -0.3 is 5.32 Å². The second-order valence-corrected chi connectivity index (χ2v) is 2.56. The van der Waals surface area contributed by atoms with Gasteiger partial charge in [-0.05, 0) is 14.0 Å². The fourth-order valence-corrected chi connectivity index (χ4v) is 0.630. The third kappa shape index (κ3) is 3.78. The topological polar surface area (TPSA) is 32.3 Å². The van der Waals surface area contributed by atoms with Crippen molar-refractivity contribution < 1.29 is 4.79 Å². The maximum Gasteiger partial charge on any atom is 0.233 e. The molecule has 3 nitrogen and oxygen atoms in total. The number of carbonyl (C=O) groups is 1. The number of carbonyl (C=O) groups excluding carboxylic acids is 1. The van der Waals surface area contributed by atoms with Crippen molar-refractivity contribution in [2.75, 3.05) is 20.6 Å². The van der Waals surface area contributed by atoms with Crippen molar-refractivity contribution in [3.63, 3.8) is 0 Å². The molecular formula is C8H16N2O. The zero-order chi connectivity index (χ0) is 8.85. The van der Waals surface area contributed by atoms with Crippen LogP contribution in [0.3, 0.4) is 0 Å². The average molecular weight is 156 g/mol. The molecule has 1 amide bonds. The number of hydrogen-bond acceptors (Lipinski definition) is 2. The van der Waals surface area contributed by atoms with Gasteiger partial charge in [0.15, 0.2) is 0 Å². The molecule has 0 aliphatic rings. The number of amides is 1. The zero-order valence-electron chi connectivity index (χ0n) is 7.42. The van der Waals surface area contributed by atoms with Gasteiger partial charge in [-0.25, -0.2) is 0 Å². The van der Waals surface area contributed by atoms with Gasteiger partial charge in [-0.1, -0.05) is 6.08 Å². The Labute approximate surface area is 68.1 Å². The Morgan fingerprint density at radius 2 is 2.36 bits per heavy atom. The molecule has 0 saturated carbocycles. The van der Waals surface area contributed by atoms with E-state index in [0.29, 0.717) is 6.54 Å². The van der Waals surface area contributed by atoms with Crippen molar-refractivity contribution in [3.05, 3.63) is 12.7 Å². The SMILES string of the molecule is C=CC(C)N(C)CC(=O)NC. The van der Waals surface area contributed by atoms with Crippen LogP contribution in [0.25, 0.3) is 0 Å². The second-order valence-electron chi connectivity index (χ2n) is 2.56. The van der Waals surface area contributed by atoms with Gasteiger partial charge in [0, 0.05) is 13.1 Å². The molecule has 1 N–H and O–H groups in total. The molecule has 0 aromatic rings. The molecule has 0 aromatic carbocycles. The van der Waals surface area contributed by atoms with Crippen LogP contribution in [0.2, 0.25) is 0 Å². The molecule has 0 aromatic heterocycles. The summed E-state index contributed by atoms with van der Waals surface area (Å²) >= 11 is 0. The molecule has 3 heteroatoms. The maximum absolute atomic E-state index is 10.9. The summed E-state index contributed by atoms with van der Waals surface area (Å²) in [6.07, 6.45) is 1.81. The predicted molar refractivity (Wildman–Crippen MR) is 46.4 cm³/mol. The van der Waals surface area contributed by atoms with Crippen molar-refractivity contribution in [2.24, 2.45) is 0 Å². The van der Waals surface area contributed by atoms with Crippen LogP contribution in [-0.4, -0.2) is 37.5 Å². The molecule has 0 rings (SSSR count). The van der Waals surface area contributed by atoms with Crippen molar-refractivity contribution in [1.82, 2.24) is 10.2 Å². The van der Waals surface area contributed by atoms with Gasteiger partial charge in [0.2, 0.25) is 5.91 Å². The monoisotopic (exact) mass is 156 g/mol. The minimum atomic E-state index is 0.0289. The zero-order valence-corrected chi connectivity index (χ0v) is 7.42. The highest BCUT2D eigenvalue weighted by molar-refractivity contribution is 5.77. The first-order chi connectivity index (χ1) is 5.11. The Morgan fingerprint density at radius 3 is 2.73 bits per heavy atom. The van der Waals surface area contributed by atoms with Gasteiger partial charge in [-0.15, -0.1) is 6.58 Å². The molecule has 0 aliphatic carbocycles. The standard InChI is InChI=1S/C8H16N2O/c1-5-7(2)10(4)6-8(11)9-3/h5,7H,1,6H2,2-4H3,(H,9,11). The summed E-state index contributed by atoms with van der Waals surface area (Å²) in [7, 11) is 3.52. The van der Waals surface area contributed by atoms with E-state index in [1.165, 1.54) is 0 Å². The number of nitrogens with one attached hydrogen (secondary N) is 1. The summed E-state index contributed by atoms with van der Waals surface area (Å²) in [5.41, 5.74) is 0. The molecule has 1 unspecified atom stereocenters. The van der Waals surface area contributed by atoms with E-state index >= 15 is 0 Å². The van der Waals surface area contributed by atoms with E-state index in [1.54, 1.807) is 7.05 Å². The molecule has 0 radical (unpaired) electrons. The summed E-state index contributed by atoms with van der Waals surface area (Å²) in [6.45, 7) is 6.06. The van der Waals surface area contributed by atoms with Crippen LogP contribution in [0.1, 0.15) is 6.92 Å². The Balaban J connectivity index is 3.76. The maximum atomic E-state index is 10.9. The molecule has 64 valence electrons. The molecule has 0 saturated heterocycles. The Hall–Kier alpha value is -0.830. The molecule has 0 fully saturated rings.